The number of carbonyl (C=O) groups excluding carboxylic acids is 2. The molecule has 0 aliphatic rings. The standard InChI is InChI=1S/C14H17BrO4/c1-3-19-14(17)9-10-4-5-11(12(15)8-10)6-7-13(16)18-2/h4-5,8H,3,6-7,9H2,1-2H3. The molecule has 0 N–H and O–H groups in total. The lowest BCUT2D eigenvalue weighted by atomic mass is 10.1. The predicted octanol–water partition coefficient (Wildman–Crippen LogP) is 2.66. The van der Waals surface area contributed by atoms with E-state index in [0.717, 1.165) is 15.6 Å². The first-order valence-electron chi connectivity index (χ1n) is 6.06. The van der Waals surface area contributed by atoms with Crippen LogP contribution in [0.3, 0.4) is 0 Å². The molecule has 1 aromatic carbocycles. The van der Waals surface area contributed by atoms with E-state index in [4.69, 9.17) is 4.74 Å². The van der Waals surface area contributed by atoms with E-state index in [9.17, 15) is 9.59 Å². The summed E-state index contributed by atoms with van der Waals surface area (Å²) in [5.41, 5.74) is 1.89. The molecule has 0 aromatic heterocycles. The molecule has 0 amide bonds. The van der Waals surface area contributed by atoms with Crippen LogP contribution in [0.15, 0.2) is 22.7 Å². The molecule has 0 spiro atoms. The number of hydrogen-bond acceptors (Lipinski definition) is 4. The molecule has 104 valence electrons. The molecule has 19 heavy (non-hydrogen) atoms. The van der Waals surface area contributed by atoms with E-state index in [0.29, 0.717) is 19.4 Å². The van der Waals surface area contributed by atoms with Crippen molar-refractivity contribution in [2.24, 2.45) is 0 Å². The van der Waals surface area contributed by atoms with Gasteiger partial charge in [-0.3, -0.25) is 9.59 Å². The number of ether oxygens (including phenoxy) is 2. The van der Waals surface area contributed by atoms with Gasteiger partial charge in [-0.2, -0.15) is 0 Å². The third-order valence-electron chi connectivity index (χ3n) is 2.60. The second-order valence-corrected chi connectivity index (χ2v) is 4.84. The molecular weight excluding hydrogens is 312 g/mol. The number of hydrogen-bond donors (Lipinski definition) is 0. The first kappa shape index (κ1) is 15.7. The minimum atomic E-state index is -0.239. The van der Waals surface area contributed by atoms with Crippen LogP contribution in [0.1, 0.15) is 24.5 Å². The second-order valence-electron chi connectivity index (χ2n) is 3.98. The van der Waals surface area contributed by atoms with Crippen LogP contribution < -0.4 is 0 Å². The van der Waals surface area contributed by atoms with Gasteiger partial charge in [0.05, 0.1) is 20.1 Å². The lowest BCUT2D eigenvalue weighted by Crippen LogP contribution is -2.08. The highest BCUT2D eigenvalue weighted by molar-refractivity contribution is 9.10. The molecule has 0 saturated carbocycles. The zero-order chi connectivity index (χ0) is 14.3. The van der Waals surface area contributed by atoms with E-state index < -0.39 is 0 Å². The van der Waals surface area contributed by atoms with Crippen LogP contribution in [0, 0.1) is 0 Å². The summed E-state index contributed by atoms with van der Waals surface area (Å²) in [5.74, 6) is -0.473. The number of carbonyl (C=O) groups is 2. The minimum absolute atomic E-state index is 0.234. The van der Waals surface area contributed by atoms with Crippen LogP contribution in [0.4, 0.5) is 0 Å². The van der Waals surface area contributed by atoms with Gasteiger partial charge < -0.3 is 9.47 Å². The lowest BCUT2D eigenvalue weighted by Gasteiger charge is -2.07. The van der Waals surface area contributed by atoms with Crippen molar-refractivity contribution >= 4 is 27.9 Å². The molecule has 0 heterocycles. The minimum Gasteiger partial charge on any atom is -0.469 e. The van der Waals surface area contributed by atoms with E-state index in [1.54, 1.807) is 6.92 Å². The van der Waals surface area contributed by atoms with Crippen molar-refractivity contribution in [3.8, 4) is 0 Å². The highest BCUT2D eigenvalue weighted by atomic mass is 79.9. The maximum atomic E-state index is 11.4. The van der Waals surface area contributed by atoms with Gasteiger partial charge >= 0.3 is 11.9 Å². The molecule has 0 fully saturated rings. The Morgan fingerprint density at radius 2 is 2.00 bits per heavy atom. The molecule has 5 heteroatoms. The fourth-order valence-corrected chi connectivity index (χ4v) is 2.25. The van der Waals surface area contributed by atoms with Gasteiger partial charge in [-0.05, 0) is 30.5 Å². The first-order valence-corrected chi connectivity index (χ1v) is 6.85. The maximum absolute atomic E-state index is 11.4. The number of benzene rings is 1. The Bertz CT molecular complexity index is 457. The van der Waals surface area contributed by atoms with Crippen LogP contribution in [0.5, 0.6) is 0 Å². The zero-order valence-corrected chi connectivity index (χ0v) is 12.7. The molecule has 0 bridgehead atoms. The molecule has 0 radical (unpaired) electrons. The van der Waals surface area contributed by atoms with Crippen molar-refractivity contribution in [2.75, 3.05) is 13.7 Å². The van der Waals surface area contributed by atoms with Crippen molar-refractivity contribution in [1.82, 2.24) is 0 Å². The first-order chi connectivity index (χ1) is 9.06. The maximum Gasteiger partial charge on any atom is 0.310 e. The number of rotatable bonds is 6. The Morgan fingerprint density at radius 1 is 1.26 bits per heavy atom. The SMILES string of the molecule is CCOC(=O)Cc1ccc(CCC(=O)OC)c(Br)c1. The van der Waals surface area contributed by atoms with Gasteiger partial charge in [0.2, 0.25) is 0 Å². The molecule has 1 aromatic rings. The van der Waals surface area contributed by atoms with Gasteiger partial charge in [0.25, 0.3) is 0 Å². The normalized spacial score (nSPS) is 10.1. The summed E-state index contributed by atoms with van der Waals surface area (Å²) in [7, 11) is 1.37. The molecule has 4 nitrogen and oxygen atoms in total. The Hall–Kier alpha value is -1.36. The Labute approximate surface area is 121 Å². The summed E-state index contributed by atoms with van der Waals surface area (Å²) in [6.07, 6.45) is 1.20. The summed E-state index contributed by atoms with van der Waals surface area (Å²) in [4.78, 5) is 22.4. The predicted molar refractivity (Wildman–Crippen MR) is 74.8 cm³/mol. The summed E-state index contributed by atoms with van der Waals surface area (Å²) in [6, 6.07) is 5.65. The van der Waals surface area contributed by atoms with Crippen molar-refractivity contribution < 1.29 is 19.1 Å². The van der Waals surface area contributed by atoms with Crippen LogP contribution in [-0.2, 0) is 31.9 Å². The van der Waals surface area contributed by atoms with Gasteiger partial charge in [-0.25, -0.2) is 0 Å². The Kier molecular flexibility index (Phi) is 6.56. The number of esters is 2. The van der Waals surface area contributed by atoms with Crippen LogP contribution >= 0.6 is 15.9 Å². The van der Waals surface area contributed by atoms with Crippen LogP contribution in [-0.4, -0.2) is 25.7 Å². The summed E-state index contributed by atoms with van der Waals surface area (Å²) in [6.45, 7) is 2.17. The quantitative estimate of drug-likeness (QED) is 0.753. The summed E-state index contributed by atoms with van der Waals surface area (Å²) >= 11 is 3.44. The second kappa shape index (κ2) is 7.94. The van der Waals surface area contributed by atoms with E-state index in [2.05, 4.69) is 20.7 Å². The van der Waals surface area contributed by atoms with Crippen molar-refractivity contribution in [2.45, 2.75) is 26.2 Å². The molecule has 0 saturated heterocycles. The topological polar surface area (TPSA) is 52.6 Å². The van der Waals surface area contributed by atoms with E-state index >= 15 is 0 Å². The lowest BCUT2D eigenvalue weighted by molar-refractivity contribution is -0.142. The van der Waals surface area contributed by atoms with E-state index in [-0.39, 0.29) is 18.4 Å². The average molecular weight is 329 g/mol. The van der Waals surface area contributed by atoms with E-state index in [1.165, 1.54) is 7.11 Å². The van der Waals surface area contributed by atoms with Crippen LogP contribution in [0.25, 0.3) is 0 Å². The summed E-state index contributed by atoms with van der Waals surface area (Å²) in [5, 5.41) is 0. The molecular formula is C14H17BrO4. The van der Waals surface area contributed by atoms with Crippen molar-refractivity contribution in [3.63, 3.8) is 0 Å². The van der Waals surface area contributed by atoms with Gasteiger partial charge in [-0.1, -0.05) is 28.1 Å². The molecule has 0 aliphatic carbocycles. The molecule has 0 unspecified atom stereocenters. The number of halogens is 1. The average Bonchev–Trinajstić information content (AvgIpc) is 2.37. The molecule has 1 rings (SSSR count). The largest absolute Gasteiger partial charge is 0.469 e. The van der Waals surface area contributed by atoms with Gasteiger partial charge in [0.15, 0.2) is 0 Å². The van der Waals surface area contributed by atoms with Crippen molar-refractivity contribution in [1.29, 1.82) is 0 Å². The molecule has 0 atom stereocenters. The highest BCUT2D eigenvalue weighted by Gasteiger charge is 2.08. The third kappa shape index (κ3) is 5.42. The van der Waals surface area contributed by atoms with Gasteiger partial charge in [0.1, 0.15) is 0 Å². The number of methoxy groups -OCH3 is 1. The molecule has 0 aliphatic heterocycles. The van der Waals surface area contributed by atoms with Crippen LogP contribution in [0.2, 0.25) is 0 Å². The number of aryl methyl sites for hydroxylation is 1. The Morgan fingerprint density at radius 3 is 2.58 bits per heavy atom. The monoisotopic (exact) mass is 328 g/mol. The summed E-state index contributed by atoms with van der Waals surface area (Å²) < 4.78 is 10.4. The van der Waals surface area contributed by atoms with Gasteiger partial charge in [0, 0.05) is 10.9 Å². The van der Waals surface area contributed by atoms with Gasteiger partial charge in [-0.15, -0.1) is 0 Å². The Balaban J connectivity index is 2.63. The highest BCUT2D eigenvalue weighted by Crippen LogP contribution is 2.20. The smallest absolute Gasteiger partial charge is 0.310 e. The van der Waals surface area contributed by atoms with E-state index in [1.807, 2.05) is 18.2 Å². The fraction of sp³-hybridized carbons (Fsp3) is 0.429. The zero-order valence-electron chi connectivity index (χ0n) is 11.1. The fourth-order valence-electron chi connectivity index (χ4n) is 1.62. The third-order valence-corrected chi connectivity index (χ3v) is 3.34. The van der Waals surface area contributed by atoms with Crippen molar-refractivity contribution in [3.05, 3.63) is 33.8 Å².